The zero-order chi connectivity index (χ0) is 25.1. The van der Waals surface area contributed by atoms with Gasteiger partial charge in [-0.1, -0.05) is 6.42 Å². The van der Waals surface area contributed by atoms with Crippen molar-refractivity contribution in [2.45, 2.75) is 64.6 Å². The summed E-state index contributed by atoms with van der Waals surface area (Å²) in [6.07, 6.45) is 0.939. The van der Waals surface area contributed by atoms with Crippen molar-refractivity contribution in [3.63, 3.8) is 0 Å². The van der Waals surface area contributed by atoms with E-state index >= 15 is 0 Å². The number of aromatic nitrogens is 4. The summed E-state index contributed by atoms with van der Waals surface area (Å²) in [6.45, 7) is 5.29. The van der Waals surface area contributed by atoms with Crippen molar-refractivity contribution in [2.75, 3.05) is 25.1 Å². The van der Waals surface area contributed by atoms with Gasteiger partial charge in [-0.05, 0) is 28.8 Å². The molecule has 2 aliphatic rings. The Kier molecular flexibility index (Phi) is 7.82. The molecule has 1 N–H and O–H groups in total. The van der Waals surface area contributed by atoms with Crippen LogP contribution in [0.5, 0.6) is 0 Å². The van der Waals surface area contributed by atoms with Crippen molar-refractivity contribution in [3.05, 3.63) is 11.1 Å². The van der Waals surface area contributed by atoms with Crippen LogP contribution in [-0.4, -0.2) is 80.4 Å². The smallest absolute Gasteiger partial charge is 0.303 e. The van der Waals surface area contributed by atoms with Crippen LogP contribution in [0.2, 0.25) is 0 Å². The van der Waals surface area contributed by atoms with Crippen LogP contribution in [0.15, 0.2) is 11.1 Å². The van der Waals surface area contributed by atoms with E-state index in [1.54, 1.807) is 4.57 Å². The van der Waals surface area contributed by atoms with Crippen molar-refractivity contribution >= 4 is 50.8 Å². The normalized spacial score (nSPS) is 24.8. The average molecular weight is 555 g/mol. The lowest BCUT2D eigenvalue weighted by Gasteiger charge is -2.27. The molecule has 4 rings (SSSR count). The van der Waals surface area contributed by atoms with E-state index in [-0.39, 0.29) is 6.61 Å². The Labute approximate surface area is 209 Å². The van der Waals surface area contributed by atoms with Gasteiger partial charge in [-0.2, -0.15) is 0 Å². The minimum Gasteiger partial charge on any atom is -0.463 e. The Balaban J connectivity index is 1.70. The third-order valence-electron chi connectivity index (χ3n) is 5.63. The van der Waals surface area contributed by atoms with Gasteiger partial charge in [0.1, 0.15) is 12.7 Å². The van der Waals surface area contributed by atoms with Gasteiger partial charge >= 0.3 is 17.9 Å². The number of fused-ring (bicyclic) bond motifs is 1. The van der Waals surface area contributed by atoms with Gasteiger partial charge in [0.2, 0.25) is 4.73 Å². The van der Waals surface area contributed by atoms with Crippen LogP contribution in [0, 0.1) is 0 Å². The van der Waals surface area contributed by atoms with E-state index < -0.39 is 42.4 Å². The first kappa shape index (κ1) is 25.3. The molecule has 2 saturated heterocycles. The van der Waals surface area contributed by atoms with Gasteiger partial charge in [0.25, 0.3) is 0 Å². The fourth-order valence-electron chi connectivity index (χ4n) is 4.23. The highest BCUT2D eigenvalue weighted by atomic mass is 79.9. The molecule has 2 aliphatic heterocycles. The number of hydrogen-bond acceptors (Lipinski definition) is 12. The van der Waals surface area contributed by atoms with Gasteiger partial charge in [-0.25, -0.2) is 20.0 Å². The molecule has 0 radical (unpaired) electrons. The van der Waals surface area contributed by atoms with Crippen LogP contribution in [0.4, 0.5) is 5.82 Å². The van der Waals surface area contributed by atoms with E-state index in [9.17, 15) is 14.4 Å². The highest BCUT2D eigenvalue weighted by Crippen LogP contribution is 2.37. The van der Waals surface area contributed by atoms with Gasteiger partial charge in [0.15, 0.2) is 35.4 Å². The van der Waals surface area contributed by atoms with E-state index in [0.717, 1.165) is 25.9 Å². The van der Waals surface area contributed by atoms with Crippen molar-refractivity contribution in [3.8, 4) is 0 Å². The predicted molar refractivity (Wildman–Crippen MR) is 124 cm³/mol. The monoisotopic (exact) mass is 554 g/mol. The number of ether oxygens (including phenoxy) is 4. The number of carbonyl (C=O) groups excluding carboxylic acids is 3. The van der Waals surface area contributed by atoms with Crippen LogP contribution >= 0.6 is 15.9 Å². The first-order valence-corrected chi connectivity index (χ1v) is 12.1. The first-order chi connectivity index (χ1) is 16.7. The van der Waals surface area contributed by atoms with Crippen molar-refractivity contribution in [1.29, 1.82) is 0 Å². The molecule has 0 spiro atoms. The Morgan fingerprint density at radius 1 is 1.06 bits per heavy atom. The zero-order valence-electron chi connectivity index (χ0n) is 19.6. The summed E-state index contributed by atoms with van der Waals surface area (Å²) >= 11 is 3.35. The molecule has 4 atom stereocenters. The summed E-state index contributed by atoms with van der Waals surface area (Å²) in [5.74, 6) is -1.21. The van der Waals surface area contributed by atoms with Crippen LogP contribution < -0.4 is 5.43 Å². The zero-order valence-corrected chi connectivity index (χ0v) is 21.2. The number of anilines is 1. The second-order valence-corrected chi connectivity index (χ2v) is 9.05. The predicted octanol–water partition coefficient (Wildman–Crippen LogP) is 1.73. The fraction of sp³-hybridized carbons (Fsp3) is 0.619. The number of halogens is 1. The maximum Gasteiger partial charge on any atom is 0.303 e. The lowest BCUT2D eigenvalue weighted by atomic mass is 10.1. The minimum absolute atomic E-state index is 0.200. The van der Waals surface area contributed by atoms with Crippen LogP contribution in [0.3, 0.4) is 0 Å². The number of hydrazine groups is 1. The lowest BCUT2D eigenvalue weighted by molar-refractivity contribution is -0.166. The topological polar surface area (TPSA) is 147 Å². The number of hydrogen-bond donors (Lipinski definition) is 1. The van der Waals surface area contributed by atoms with E-state index in [2.05, 4.69) is 41.3 Å². The summed E-state index contributed by atoms with van der Waals surface area (Å²) in [5.41, 5.74) is 4.20. The number of piperidine rings is 1. The van der Waals surface area contributed by atoms with Gasteiger partial charge in [-0.3, -0.25) is 19.0 Å². The molecule has 13 nitrogen and oxygen atoms in total. The number of nitrogens with zero attached hydrogens (tertiary/aromatic N) is 5. The SMILES string of the molecule is CC(=O)OC[C@H]1O[C@@H](n2cnc3c(NN4CCCCC4)nc(Br)nc32)C(OC(C)=O)C1OC(C)=O. The standard InChI is InChI=1S/C21H27BrN6O7/c1-11(29)32-9-14-16(33-12(2)30)17(34-13(3)31)20(35-14)28-10-23-15-18(24-21(22)25-19(15)28)26-27-7-5-4-6-8-27/h10,14,16-17,20H,4-9H2,1-3H3,(H,24,25,26)/t14-,16?,17?,20-/m1/s1. The van der Waals surface area contributed by atoms with Crippen molar-refractivity contribution in [1.82, 2.24) is 24.5 Å². The molecule has 0 aromatic carbocycles. The first-order valence-electron chi connectivity index (χ1n) is 11.3. The van der Waals surface area contributed by atoms with Crippen LogP contribution in [0.25, 0.3) is 11.2 Å². The second kappa shape index (κ2) is 10.8. The van der Waals surface area contributed by atoms with Crippen LogP contribution in [-0.2, 0) is 33.3 Å². The highest BCUT2D eigenvalue weighted by Gasteiger charge is 2.51. The van der Waals surface area contributed by atoms with Gasteiger partial charge < -0.3 is 24.4 Å². The molecule has 4 heterocycles. The molecule has 190 valence electrons. The Morgan fingerprint density at radius 3 is 2.40 bits per heavy atom. The molecule has 2 aromatic rings. The average Bonchev–Trinajstić information content (AvgIpc) is 3.34. The maximum atomic E-state index is 11.9. The Bertz CT molecular complexity index is 1110. The number of carbonyl (C=O) groups is 3. The Morgan fingerprint density at radius 2 is 1.74 bits per heavy atom. The number of imidazole rings is 1. The molecule has 2 fully saturated rings. The molecule has 2 unspecified atom stereocenters. The van der Waals surface area contributed by atoms with Crippen molar-refractivity contribution in [2.24, 2.45) is 0 Å². The molecule has 0 amide bonds. The van der Waals surface area contributed by atoms with E-state index in [1.807, 2.05) is 0 Å². The highest BCUT2D eigenvalue weighted by molar-refractivity contribution is 9.10. The molecular formula is C21H27BrN6O7. The third-order valence-corrected chi connectivity index (χ3v) is 5.98. The molecule has 14 heteroatoms. The van der Waals surface area contributed by atoms with Gasteiger partial charge in [0.05, 0.1) is 6.33 Å². The third kappa shape index (κ3) is 5.87. The largest absolute Gasteiger partial charge is 0.463 e. The van der Waals surface area contributed by atoms with Crippen molar-refractivity contribution < 1.29 is 33.3 Å². The molecule has 35 heavy (non-hydrogen) atoms. The second-order valence-electron chi connectivity index (χ2n) is 8.34. The Hall–Kier alpha value is -2.84. The summed E-state index contributed by atoms with van der Waals surface area (Å²) in [4.78, 5) is 48.5. The molecule has 2 aromatic heterocycles. The quantitative estimate of drug-likeness (QED) is 0.301. The summed E-state index contributed by atoms with van der Waals surface area (Å²) in [5, 5.41) is 2.08. The summed E-state index contributed by atoms with van der Waals surface area (Å²) in [7, 11) is 0. The summed E-state index contributed by atoms with van der Waals surface area (Å²) < 4.78 is 24.1. The van der Waals surface area contributed by atoms with E-state index in [1.165, 1.54) is 33.5 Å². The van der Waals surface area contributed by atoms with E-state index in [0.29, 0.717) is 21.7 Å². The molecule has 0 aliphatic carbocycles. The molecule has 0 saturated carbocycles. The fourth-order valence-corrected chi connectivity index (χ4v) is 4.57. The lowest BCUT2D eigenvalue weighted by Crippen LogP contribution is -2.40. The summed E-state index contributed by atoms with van der Waals surface area (Å²) in [6, 6.07) is 0. The minimum atomic E-state index is -1.04. The van der Waals surface area contributed by atoms with Crippen LogP contribution in [0.1, 0.15) is 46.3 Å². The number of rotatable bonds is 7. The van der Waals surface area contributed by atoms with Gasteiger partial charge in [0, 0.05) is 33.9 Å². The van der Waals surface area contributed by atoms with E-state index in [4.69, 9.17) is 18.9 Å². The maximum absolute atomic E-state index is 11.9. The number of esters is 3. The van der Waals surface area contributed by atoms with Gasteiger partial charge in [-0.15, -0.1) is 0 Å². The number of nitrogens with one attached hydrogen (secondary N) is 1. The molecular weight excluding hydrogens is 528 g/mol. The molecule has 0 bridgehead atoms.